The molecule has 0 N–H and O–H groups in total. The van der Waals surface area contributed by atoms with Gasteiger partial charge in [-0.25, -0.2) is 4.98 Å². The third-order valence-corrected chi connectivity index (χ3v) is 5.07. The van der Waals surface area contributed by atoms with E-state index >= 15 is 0 Å². The molecule has 1 aromatic heterocycles. The van der Waals surface area contributed by atoms with Crippen molar-refractivity contribution in [3.05, 3.63) is 64.3 Å². The second-order valence-corrected chi connectivity index (χ2v) is 6.71. The molecule has 1 aromatic carbocycles. The fraction of sp³-hybridized carbons (Fsp3) is 0.389. The lowest BCUT2D eigenvalue weighted by Gasteiger charge is -2.22. The molecule has 3 heterocycles. The van der Waals surface area contributed by atoms with Gasteiger partial charge in [-0.1, -0.05) is 30.3 Å². The summed E-state index contributed by atoms with van der Waals surface area (Å²) < 4.78 is 0. The summed E-state index contributed by atoms with van der Waals surface area (Å²) in [5.74, 6) is 1.65. The van der Waals surface area contributed by atoms with Crippen molar-refractivity contribution in [3.63, 3.8) is 0 Å². The molecule has 0 spiro atoms. The van der Waals surface area contributed by atoms with Crippen molar-refractivity contribution in [3.8, 4) is 0 Å². The number of aromatic nitrogens is 1. The minimum Gasteiger partial charge on any atom is -0.350 e. The molecule has 0 radical (unpaired) electrons. The minimum absolute atomic E-state index is 0.110. The van der Waals surface area contributed by atoms with Gasteiger partial charge in [0.25, 0.3) is 0 Å². The Balaban J connectivity index is 1.42. The van der Waals surface area contributed by atoms with Crippen molar-refractivity contribution in [1.29, 1.82) is 0 Å². The van der Waals surface area contributed by atoms with E-state index in [1.165, 1.54) is 11.6 Å². The third-order valence-electron chi connectivity index (χ3n) is 5.07. The smallest absolute Gasteiger partial charge is 0.311 e. The first kappa shape index (κ1) is 15.1. The van der Waals surface area contributed by atoms with E-state index < -0.39 is 0 Å². The van der Waals surface area contributed by atoms with Gasteiger partial charge in [-0.05, 0) is 23.5 Å². The van der Waals surface area contributed by atoms with E-state index in [2.05, 4.69) is 39.0 Å². The minimum atomic E-state index is -0.335. The highest BCUT2D eigenvalue weighted by atomic mass is 16.6. The van der Waals surface area contributed by atoms with Gasteiger partial charge in [0, 0.05) is 45.0 Å². The zero-order valence-electron chi connectivity index (χ0n) is 13.4. The fourth-order valence-electron chi connectivity index (χ4n) is 4.01. The topological polar surface area (TPSA) is 62.5 Å². The van der Waals surface area contributed by atoms with Gasteiger partial charge in [0.1, 0.15) is 0 Å². The van der Waals surface area contributed by atoms with Crippen LogP contribution in [0.15, 0.2) is 48.7 Å². The number of benzene rings is 1. The van der Waals surface area contributed by atoms with Gasteiger partial charge >= 0.3 is 5.69 Å². The number of nitro groups is 1. The Morgan fingerprint density at radius 2 is 1.75 bits per heavy atom. The van der Waals surface area contributed by atoms with Crippen LogP contribution in [0.25, 0.3) is 0 Å². The van der Waals surface area contributed by atoms with E-state index in [-0.39, 0.29) is 10.6 Å². The molecule has 4 rings (SSSR count). The highest BCUT2D eigenvalue weighted by molar-refractivity contribution is 5.58. The van der Waals surface area contributed by atoms with Crippen LogP contribution in [-0.4, -0.2) is 41.0 Å². The molecule has 2 aliphatic rings. The summed E-state index contributed by atoms with van der Waals surface area (Å²) in [6.45, 7) is 4.80. The molecule has 0 amide bonds. The molecule has 2 aromatic rings. The number of likely N-dealkylation sites (tertiary alicyclic amines) is 1. The average Bonchev–Trinajstić information content (AvgIpc) is 3.14. The summed E-state index contributed by atoms with van der Waals surface area (Å²) in [4.78, 5) is 19.7. The second-order valence-electron chi connectivity index (χ2n) is 6.71. The monoisotopic (exact) mass is 324 g/mol. The van der Waals surface area contributed by atoms with Crippen molar-refractivity contribution in [2.24, 2.45) is 11.8 Å². The van der Waals surface area contributed by atoms with Crippen LogP contribution < -0.4 is 4.90 Å². The highest BCUT2D eigenvalue weighted by Gasteiger charge is 2.41. The van der Waals surface area contributed by atoms with Crippen LogP contribution in [0.3, 0.4) is 0 Å². The maximum atomic E-state index is 11.2. The zero-order valence-corrected chi connectivity index (χ0v) is 13.4. The van der Waals surface area contributed by atoms with Gasteiger partial charge in [-0.2, -0.15) is 0 Å². The lowest BCUT2D eigenvalue weighted by Crippen LogP contribution is -2.29. The summed E-state index contributed by atoms with van der Waals surface area (Å²) in [5, 5.41) is 11.2. The Labute approximate surface area is 140 Å². The van der Waals surface area contributed by atoms with Crippen molar-refractivity contribution in [1.82, 2.24) is 9.88 Å². The number of nitrogens with zero attached hydrogens (tertiary/aromatic N) is 4. The molecule has 124 valence electrons. The Kier molecular flexibility index (Phi) is 3.90. The van der Waals surface area contributed by atoms with Gasteiger partial charge in [0.2, 0.25) is 5.82 Å². The number of fused-ring (bicyclic) bond motifs is 1. The number of hydrogen-bond donors (Lipinski definition) is 0. The van der Waals surface area contributed by atoms with Gasteiger partial charge in [-0.3, -0.25) is 15.0 Å². The van der Waals surface area contributed by atoms with Crippen LogP contribution in [0.4, 0.5) is 11.5 Å². The normalized spacial score (nSPS) is 23.4. The molecule has 0 unspecified atom stereocenters. The third kappa shape index (κ3) is 2.85. The van der Waals surface area contributed by atoms with E-state index in [0.717, 1.165) is 32.7 Å². The summed E-state index contributed by atoms with van der Waals surface area (Å²) >= 11 is 0. The zero-order chi connectivity index (χ0) is 16.5. The SMILES string of the molecule is O=[N+]([O-])c1cccnc1N1C[C@H]2CN(Cc3ccccc3)C[C@H]2C1. The molecular weight excluding hydrogens is 304 g/mol. The predicted octanol–water partition coefficient (Wildman–Crippen LogP) is 2.56. The van der Waals surface area contributed by atoms with Crippen LogP contribution in [0.1, 0.15) is 5.56 Å². The van der Waals surface area contributed by atoms with Gasteiger partial charge in [-0.15, -0.1) is 0 Å². The molecule has 2 fully saturated rings. The van der Waals surface area contributed by atoms with Crippen molar-refractivity contribution < 1.29 is 4.92 Å². The van der Waals surface area contributed by atoms with E-state index in [9.17, 15) is 10.1 Å². The van der Waals surface area contributed by atoms with Gasteiger partial charge < -0.3 is 4.90 Å². The maximum absolute atomic E-state index is 11.2. The summed E-state index contributed by atoms with van der Waals surface area (Å²) in [7, 11) is 0. The summed E-state index contributed by atoms with van der Waals surface area (Å²) in [6.07, 6.45) is 1.64. The van der Waals surface area contributed by atoms with Crippen molar-refractivity contribution in [2.75, 3.05) is 31.1 Å². The highest BCUT2D eigenvalue weighted by Crippen LogP contribution is 2.36. The number of anilines is 1. The maximum Gasteiger partial charge on any atom is 0.311 e. The molecule has 6 heteroatoms. The van der Waals surface area contributed by atoms with Crippen molar-refractivity contribution in [2.45, 2.75) is 6.54 Å². The van der Waals surface area contributed by atoms with E-state index in [1.54, 1.807) is 12.3 Å². The van der Waals surface area contributed by atoms with Crippen molar-refractivity contribution >= 4 is 11.5 Å². The molecule has 0 saturated carbocycles. The quantitative estimate of drug-likeness (QED) is 0.639. The van der Waals surface area contributed by atoms with Crippen LogP contribution in [-0.2, 0) is 6.54 Å². The average molecular weight is 324 g/mol. The van der Waals surface area contributed by atoms with Gasteiger partial charge in [0.05, 0.1) is 4.92 Å². The van der Waals surface area contributed by atoms with E-state index in [0.29, 0.717) is 17.7 Å². The number of hydrogen-bond acceptors (Lipinski definition) is 5. The lowest BCUT2D eigenvalue weighted by atomic mass is 10.0. The van der Waals surface area contributed by atoms with E-state index in [1.807, 2.05) is 6.07 Å². The van der Waals surface area contributed by atoms with Crippen LogP contribution >= 0.6 is 0 Å². The van der Waals surface area contributed by atoms with Crippen LogP contribution in [0.5, 0.6) is 0 Å². The molecule has 2 saturated heterocycles. The molecule has 24 heavy (non-hydrogen) atoms. The molecular formula is C18H20N4O2. The Bertz CT molecular complexity index is 723. The first-order valence-electron chi connectivity index (χ1n) is 8.31. The molecule has 0 aliphatic carbocycles. The first-order chi connectivity index (χ1) is 11.7. The summed E-state index contributed by atoms with van der Waals surface area (Å²) in [5.41, 5.74) is 1.45. The first-order valence-corrected chi connectivity index (χ1v) is 8.31. The van der Waals surface area contributed by atoms with Crippen LogP contribution in [0, 0.1) is 22.0 Å². The second kappa shape index (κ2) is 6.20. The summed E-state index contributed by atoms with van der Waals surface area (Å²) in [6, 6.07) is 13.7. The molecule has 6 nitrogen and oxygen atoms in total. The standard InChI is InChI=1S/C18H20N4O2/c23-22(24)17-7-4-8-19-18(17)21-12-15-10-20(11-16(15)13-21)9-14-5-2-1-3-6-14/h1-8,15-16H,9-13H2/t15-,16+. The molecule has 0 bridgehead atoms. The Morgan fingerprint density at radius 3 is 2.42 bits per heavy atom. The Hall–Kier alpha value is -2.47. The Morgan fingerprint density at radius 1 is 1.04 bits per heavy atom. The van der Waals surface area contributed by atoms with Crippen LogP contribution in [0.2, 0.25) is 0 Å². The largest absolute Gasteiger partial charge is 0.350 e. The molecule has 2 atom stereocenters. The predicted molar refractivity (Wildman–Crippen MR) is 91.8 cm³/mol. The number of rotatable bonds is 4. The number of pyridine rings is 1. The lowest BCUT2D eigenvalue weighted by molar-refractivity contribution is -0.384. The van der Waals surface area contributed by atoms with E-state index in [4.69, 9.17) is 0 Å². The molecule has 2 aliphatic heterocycles. The van der Waals surface area contributed by atoms with Gasteiger partial charge in [0.15, 0.2) is 0 Å². The fourth-order valence-corrected chi connectivity index (χ4v) is 4.01.